The molecule has 1 atom stereocenters. The van der Waals surface area contributed by atoms with E-state index in [1.165, 1.54) is 5.01 Å². The summed E-state index contributed by atoms with van der Waals surface area (Å²) in [6.45, 7) is 1.23. The fourth-order valence-corrected chi connectivity index (χ4v) is 1.18. The predicted octanol–water partition coefficient (Wildman–Crippen LogP) is -0.541. The molecule has 1 saturated heterocycles. The fourth-order valence-electron chi connectivity index (χ4n) is 1.18. The van der Waals surface area contributed by atoms with Crippen LogP contribution in [0.1, 0.15) is 6.42 Å². The van der Waals surface area contributed by atoms with E-state index in [1.807, 2.05) is 0 Å². The molecule has 1 heterocycles. The van der Waals surface area contributed by atoms with Gasteiger partial charge in [-0.3, -0.25) is 0 Å². The SMILES string of the molecule is OCC1CCN(/[N+](O)=N/O)C1. The molecule has 0 aromatic rings. The van der Waals surface area contributed by atoms with Gasteiger partial charge >= 0.3 is 0 Å². The maximum absolute atomic E-state index is 8.83. The number of nitrogens with zero attached hydrogens (tertiary/aromatic N) is 3. The smallest absolute Gasteiger partial charge is 0.271 e. The molecule has 0 aliphatic carbocycles. The van der Waals surface area contributed by atoms with Gasteiger partial charge in [0.2, 0.25) is 0 Å². The third-order valence-electron chi connectivity index (χ3n) is 1.86. The van der Waals surface area contributed by atoms with E-state index in [9.17, 15) is 0 Å². The van der Waals surface area contributed by atoms with Crippen LogP contribution < -0.4 is 0 Å². The van der Waals surface area contributed by atoms with Gasteiger partial charge in [-0.15, -0.1) is 5.01 Å². The number of aliphatic hydroxyl groups is 1. The maximum atomic E-state index is 8.83. The predicted molar refractivity (Wildman–Crippen MR) is 33.0 cm³/mol. The highest BCUT2D eigenvalue weighted by Crippen LogP contribution is 2.14. The van der Waals surface area contributed by atoms with Crippen molar-refractivity contribution >= 4 is 0 Å². The summed E-state index contributed by atoms with van der Waals surface area (Å²) in [7, 11) is 0. The number of hydrazine groups is 1. The molecule has 0 radical (unpaired) electrons. The first kappa shape index (κ1) is 8.06. The van der Waals surface area contributed by atoms with Crippen LogP contribution in [0.2, 0.25) is 0 Å². The van der Waals surface area contributed by atoms with Gasteiger partial charge in [0.05, 0.1) is 13.1 Å². The van der Waals surface area contributed by atoms with E-state index in [1.54, 1.807) is 0 Å². The van der Waals surface area contributed by atoms with Gasteiger partial charge in [-0.1, -0.05) is 0 Å². The van der Waals surface area contributed by atoms with Crippen LogP contribution in [0.4, 0.5) is 0 Å². The highest BCUT2D eigenvalue weighted by atomic mass is 16.6. The Morgan fingerprint density at radius 3 is 2.82 bits per heavy atom. The molecule has 0 saturated carbocycles. The minimum Gasteiger partial charge on any atom is -0.396 e. The second-order valence-corrected chi connectivity index (χ2v) is 2.61. The first-order valence-corrected chi connectivity index (χ1v) is 3.47. The molecule has 0 aromatic carbocycles. The summed E-state index contributed by atoms with van der Waals surface area (Å²) < 4.78 is 0. The van der Waals surface area contributed by atoms with Gasteiger partial charge < -0.3 is 10.3 Å². The molecule has 1 rings (SSSR count). The van der Waals surface area contributed by atoms with Gasteiger partial charge in [-0.2, -0.15) is 0 Å². The highest BCUT2D eigenvalue weighted by molar-refractivity contribution is 4.68. The van der Waals surface area contributed by atoms with Gasteiger partial charge in [-0.25, -0.2) is 5.21 Å². The van der Waals surface area contributed by atoms with E-state index in [0.29, 0.717) is 18.1 Å². The molecule has 6 nitrogen and oxygen atoms in total. The van der Waals surface area contributed by atoms with Crippen molar-refractivity contribution < 1.29 is 20.5 Å². The van der Waals surface area contributed by atoms with E-state index in [2.05, 4.69) is 5.28 Å². The van der Waals surface area contributed by atoms with E-state index < -0.39 is 0 Å². The van der Waals surface area contributed by atoms with Gasteiger partial charge in [0, 0.05) is 12.5 Å². The van der Waals surface area contributed by atoms with Crippen LogP contribution >= 0.6 is 0 Å². The largest absolute Gasteiger partial charge is 0.396 e. The molecule has 0 bridgehead atoms. The van der Waals surface area contributed by atoms with Crippen molar-refractivity contribution in [3.05, 3.63) is 0 Å². The number of aliphatic hydroxyl groups excluding tert-OH is 1. The van der Waals surface area contributed by atoms with Crippen LogP contribution in [0.3, 0.4) is 0 Å². The molecule has 1 aliphatic heterocycles. The average molecular weight is 162 g/mol. The van der Waals surface area contributed by atoms with E-state index >= 15 is 0 Å². The summed E-state index contributed by atoms with van der Waals surface area (Å²) in [6, 6.07) is 0. The molecule has 1 fully saturated rings. The van der Waals surface area contributed by atoms with Gasteiger partial charge in [-0.05, 0) is 6.42 Å². The van der Waals surface area contributed by atoms with E-state index in [-0.39, 0.29) is 12.5 Å². The van der Waals surface area contributed by atoms with Gasteiger partial charge in [0.15, 0.2) is 0 Å². The number of rotatable bonds is 2. The third kappa shape index (κ3) is 1.70. The summed E-state index contributed by atoms with van der Waals surface area (Å²) in [5, 5.41) is 29.7. The normalized spacial score (nSPS) is 26.1. The molecule has 64 valence electrons. The lowest BCUT2D eigenvalue weighted by Gasteiger charge is -2.02. The molecular weight excluding hydrogens is 150 g/mol. The van der Waals surface area contributed by atoms with E-state index in [4.69, 9.17) is 15.5 Å². The minimum atomic E-state index is 0.107. The average Bonchev–Trinajstić information content (AvgIpc) is 2.50. The molecule has 0 spiro atoms. The van der Waals surface area contributed by atoms with Gasteiger partial charge in [0.25, 0.3) is 10.2 Å². The first-order chi connectivity index (χ1) is 5.27. The Balaban J connectivity index is 2.41. The van der Waals surface area contributed by atoms with Crippen molar-refractivity contribution in [3.8, 4) is 0 Å². The molecule has 0 amide bonds. The van der Waals surface area contributed by atoms with Crippen LogP contribution in [0.25, 0.3) is 0 Å². The number of hydrogen-bond acceptors (Lipinski definition) is 2. The molecule has 1 aliphatic rings. The maximum Gasteiger partial charge on any atom is 0.271 e. The minimum absolute atomic E-state index is 0.107. The van der Waals surface area contributed by atoms with E-state index in [0.717, 1.165) is 6.42 Å². The quantitative estimate of drug-likeness (QED) is 0.289. The Labute approximate surface area is 63.9 Å². The number of hydrogen-bond donors (Lipinski definition) is 3. The lowest BCUT2D eigenvalue weighted by atomic mass is 10.1. The Hall–Kier alpha value is -1.04. The van der Waals surface area contributed by atoms with Crippen molar-refractivity contribution in [1.29, 1.82) is 0 Å². The Kier molecular flexibility index (Phi) is 2.48. The summed E-state index contributed by atoms with van der Waals surface area (Å²) >= 11 is 0. The van der Waals surface area contributed by atoms with Crippen LogP contribution in [-0.2, 0) is 0 Å². The molecule has 3 N–H and O–H groups in total. The fraction of sp³-hybridized carbons (Fsp3) is 1.00. The van der Waals surface area contributed by atoms with Crippen LogP contribution in [0.15, 0.2) is 5.28 Å². The standard InChI is InChI=1S/C5H11N3O3/c9-4-5-1-2-7(3-5)8(11)6-10/h5,9,11H,1-4H2/p+1. The Bertz CT molecular complexity index is 161. The topological polar surface area (TPSA) is 79.3 Å². The molecule has 11 heavy (non-hydrogen) atoms. The van der Waals surface area contributed by atoms with Crippen molar-refractivity contribution in [2.45, 2.75) is 6.42 Å². The van der Waals surface area contributed by atoms with Crippen molar-refractivity contribution in [2.75, 3.05) is 19.7 Å². The monoisotopic (exact) mass is 162 g/mol. The summed E-state index contributed by atoms with van der Waals surface area (Å²) in [5.41, 5.74) is 0. The van der Waals surface area contributed by atoms with Crippen molar-refractivity contribution in [2.24, 2.45) is 11.2 Å². The second-order valence-electron chi connectivity index (χ2n) is 2.61. The van der Waals surface area contributed by atoms with Crippen LogP contribution in [-0.4, -0.2) is 45.2 Å². The molecule has 1 unspecified atom stereocenters. The zero-order chi connectivity index (χ0) is 8.27. The second kappa shape index (κ2) is 3.38. The Morgan fingerprint density at radius 1 is 1.64 bits per heavy atom. The molecular formula is C5H12N3O3+. The van der Waals surface area contributed by atoms with Crippen LogP contribution in [0.5, 0.6) is 0 Å². The molecule has 0 aromatic heterocycles. The van der Waals surface area contributed by atoms with Crippen molar-refractivity contribution in [1.82, 2.24) is 5.01 Å². The first-order valence-electron chi connectivity index (χ1n) is 3.47. The summed E-state index contributed by atoms with van der Waals surface area (Å²) in [6.07, 6.45) is 0.809. The van der Waals surface area contributed by atoms with Crippen molar-refractivity contribution in [3.63, 3.8) is 0 Å². The highest BCUT2D eigenvalue weighted by Gasteiger charge is 2.30. The Morgan fingerprint density at radius 2 is 2.36 bits per heavy atom. The zero-order valence-electron chi connectivity index (χ0n) is 6.09. The third-order valence-corrected chi connectivity index (χ3v) is 1.86. The lowest BCUT2D eigenvalue weighted by Crippen LogP contribution is -2.30. The molecule has 6 heteroatoms. The zero-order valence-corrected chi connectivity index (χ0v) is 6.09. The summed E-state index contributed by atoms with van der Waals surface area (Å²) in [5.74, 6) is 0.173. The van der Waals surface area contributed by atoms with Crippen LogP contribution in [0, 0.1) is 5.92 Å². The lowest BCUT2D eigenvalue weighted by molar-refractivity contribution is -0.939. The van der Waals surface area contributed by atoms with Gasteiger partial charge in [0.1, 0.15) is 0 Å². The summed E-state index contributed by atoms with van der Waals surface area (Å²) in [4.78, 5) is 0.398.